The average molecular weight is 519 g/mol. The van der Waals surface area contributed by atoms with Gasteiger partial charge in [-0.3, -0.25) is 30.7 Å². The molecule has 3 aromatic carbocycles. The second-order valence-electron chi connectivity index (χ2n) is 8.74. The number of carbonyl (C=O) groups is 2. The third kappa shape index (κ3) is 8.05. The first-order valence-corrected chi connectivity index (χ1v) is 12.1. The summed E-state index contributed by atoms with van der Waals surface area (Å²) in [7, 11) is 3.84. The van der Waals surface area contributed by atoms with E-state index in [1.54, 1.807) is 60.7 Å². The molecule has 0 aliphatic heterocycles. The van der Waals surface area contributed by atoms with Crippen molar-refractivity contribution in [2.24, 2.45) is 5.73 Å². The maximum Gasteiger partial charge on any atom is 0.269 e. The van der Waals surface area contributed by atoms with Gasteiger partial charge in [-0.2, -0.15) is 0 Å². The molecule has 10 nitrogen and oxygen atoms in total. The van der Waals surface area contributed by atoms with Gasteiger partial charge in [-0.1, -0.05) is 30.3 Å². The molecule has 1 unspecified atom stereocenters. The molecular formula is C28H34N6O4. The standard InChI is InChI=1S/C28H34N6O4/c1-4-38-24-16-21(10-11-22(24)17-37-18-34(2)3)25(31-23-14-12-19(13-15-23)26(29)30)28(36)33-32-27(35)20-8-6-5-7-9-20/h5-16,25,31H,4,17-18H2,1-3H3,(H3,29,30)(H,32,35)(H,33,36). The zero-order valence-corrected chi connectivity index (χ0v) is 21.8. The minimum absolute atomic E-state index is 0.0529. The number of amidine groups is 1. The van der Waals surface area contributed by atoms with Crippen molar-refractivity contribution in [3.63, 3.8) is 0 Å². The Bertz CT molecular complexity index is 1230. The lowest BCUT2D eigenvalue weighted by Gasteiger charge is -2.22. The largest absolute Gasteiger partial charge is 0.493 e. The molecule has 0 aromatic heterocycles. The van der Waals surface area contributed by atoms with Gasteiger partial charge in [0.2, 0.25) is 0 Å². The van der Waals surface area contributed by atoms with Gasteiger partial charge in [-0.05, 0) is 69.0 Å². The van der Waals surface area contributed by atoms with Crippen molar-refractivity contribution >= 4 is 23.3 Å². The zero-order chi connectivity index (χ0) is 27.5. The van der Waals surface area contributed by atoms with Crippen LogP contribution >= 0.6 is 0 Å². The third-order valence-electron chi connectivity index (χ3n) is 5.44. The summed E-state index contributed by atoms with van der Waals surface area (Å²) in [5.74, 6) is -0.373. The summed E-state index contributed by atoms with van der Waals surface area (Å²) in [6, 6.07) is 20.0. The number of hydrogen-bond acceptors (Lipinski definition) is 7. The summed E-state index contributed by atoms with van der Waals surface area (Å²) in [5.41, 5.74) is 13.6. The number of nitrogens with two attached hydrogens (primary N) is 1. The summed E-state index contributed by atoms with van der Waals surface area (Å²) in [6.45, 7) is 3.12. The molecule has 0 heterocycles. The quantitative estimate of drug-likeness (QED) is 0.107. The van der Waals surface area contributed by atoms with Gasteiger partial charge in [0.05, 0.1) is 19.9 Å². The molecule has 0 aliphatic carbocycles. The Kier molecular flexibility index (Phi) is 10.2. The summed E-state index contributed by atoms with van der Waals surface area (Å²) in [5, 5.41) is 10.8. The fraction of sp³-hybridized carbons (Fsp3) is 0.250. The Balaban J connectivity index is 1.86. The summed E-state index contributed by atoms with van der Waals surface area (Å²) >= 11 is 0. The zero-order valence-electron chi connectivity index (χ0n) is 21.8. The van der Waals surface area contributed by atoms with E-state index in [1.165, 1.54) is 0 Å². The maximum absolute atomic E-state index is 13.3. The first-order chi connectivity index (χ1) is 18.3. The van der Waals surface area contributed by atoms with Crippen molar-refractivity contribution in [3.8, 4) is 5.75 Å². The highest BCUT2D eigenvalue weighted by atomic mass is 16.5. The number of hydrazine groups is 1. The maximum atomic E-state index is 13.3. The highest BCUT2D eigenvalue weighted by molar-refractivity contribution is 5.97. The average Bonchev–Trinajstić information content (AvgIpc) is 2.91. The Morgan fingerprint density at radius 1 is 0.974 bits per heavy atom. The fourth-order valence-electron chi connectivity index (χ4n) is 3.56. The smallest absolute Gasteiger partial charge is 0.269 e. The molecule has 0 saturated carbocycles. The molecule has 0 radical (unpaired) electrons. The summed E-state index contributed by atoms with van der Waals surface area (Å²) in [6.07, 6.45) is 0. The number of hydrogen-bond donors (Lipinski definition) is 5. The Labute approximate surface area is 222 Å². The van der Waals surface area contributed by atoms with Crippen molar-refractivity contribution < 1.29 is 19.1 Å². The number of amides is 2. The van der Waals surface area contributed by atoms with E-state index in [-0.39, 0.29) is 5.84 Å². The molecule has 0 spiro atoms. The van der Waals surface area contributed by atoms with Crippen molar-refractivity contribution in [2.75, 3.05) is 32.7 Å². The van der Waals surface area contributed by atoms with E-state index in [4.69, 9.17) is 20.6 Å². The highest BCUT2D eigenvalue weighted by Crippen LogP contribution is 2.28. The highest BCUT2D eigenvalue weighted by Gasteiger charge is 2.23. The number of rotatable bonds is 12. The number of ether oxygens (including phenoxy) is 2. The van der Waals surface area contributed by atoms with Gasteiger partial charge in [0.15, 0.2) is 0 Å². The Hall–Kier alpha value is -4.41. The third-order valence-corrected chi connectivity index (χ3v) is 5.44. The van der Waals surface area contributed by atoms with Crippen LogP contribution in [0.5, 0.6) is 5.75 Å². The lowest BCUT2D eigenvalue weighted by Crippen LogP contribution is -2.45. The molecule has 2 amide bonds. The molecule has 200 valence electrons. The van der Waals surface area contributed by atoms with Gasteiger partial charge in [0.1, 0.15) is 17.6 Å². The minimum Gasteiger partial charge on any atom is -0.493 e. The summed E-state index contributed by atoms with van der Waals surface area (Å²) in [4.78, 5) is 27.7. The normalized spacial score (nSPS) is 11.5. The first kappa shape index (κ1) is 28.2. The van der Waals surface area contributed by atoms with Gasteiger partial charge in [-0.25, -0.2) is 0 Å². The number of nitrogens with one attached hydrogen (secondary N) is 4. The summed E-state index contributed by atoms with van der Waals surface area (Å²) < 4.78 is 11.6. The van der Waals surface area contributed by atoms with Crippen LogP contribution in [-0.4, -0.2) is 50.0 Å². The first-order valence-electron chi connectivity index (χ1n) is 12.1. The molecule has 3 rings (SSSR count). The number of anilines is 1. The monoisotopic (exact) mass is 518 g/mol. The number of carbonyl (C=O) groups excluding carboxylic acids is 2. The van der Waals surface area contributed by atoms with E-state index in [1.807, 2.05) is 38.1 Å². The Morgan fingerprint density at radius 2 is 1.68 bits per heavy atom. The fourth-order valence-corrected chi connectivity index (χ4v) is 3.56. The van der Waals surface area contributed by atoms with Gasteiger partial charge < -0.3 is 20.5 Å². The van der Waals surface area contributed by atoms with Crippen LogP contribution in [-0.2, 0) is 16.1 Å². The lowest BCUT2D eigenvalue weighted by molar-refractivity contribution is -0.122. The predicted octanol–water partition coefficient (Wildman–Crippen LogP) is 3.02. The molecular weight excluding hydrogens is 484 g/mol. The minimum atomic E-state index is -0.884. The van der Waals surface area contributed by atoms with E-state index in [9.17, 15) is 9.59 Å². The van der Waals surface area contributed by atoms with E-state index >= 15 is 0 Å². The van der Waals surface area contributed by atoms with Crippen molar-refractivity contribution in [1.82, 2.24) is 15.8 Å². The van der Waals surface area contributed by atoms with Gasteiger partial charge >= 0.3 is 0 Å². The van der Waals surface area contributed by atoms with E-state index < -0.39 is 17.9 Å². The molecule has 0 aliphatic rings. The molecule has 10 heteroatoms. The van der Waals surface area contributed by atoms with Gasteiger partial charge in [-0.15, -0.1) is 0 Å². The van der Waals surface area contributed by atoms with Crippen molar-refractivity contribution in [1.29, 1.82) is 5.41 Å². The number of nitrogens with zero attached hydrogens (tertiary/aromatic N) is 1. The van der Waals surface area contributed by atoms with Crippen LogP contribution < -0.4 is 26.6 Å². The number of nitrogen functional groups attached to an aromatic ring is 1. The van der Waals surface area contributed by atoms with E-state index in [0.717, 1.165) is 5.56 Å². The molecule has 38 heavy (non-hydrogen) atoms. The molecule has 0 fully saturated rings. The van der Waals surface area contributed by atoms with Gasteiger partial charge in [0, 0.05) is 22.4 Å². The van der Waals surface area contributed by atoms with Crippen LogP contribution in [0, 0.1) is 5.41 Å². The molecule has 0 saturated heterocycles. The van der Waals surface area contributed by atoms with Gasteiger partial charge in [0.25, 0.3) is 11.8 Å². The molecule has 1 atom stereocenters. The topological polar surface area (TPSA) is 142 Å². The van der Waals surface area contributed by atoms with Crippen molar-refractivity contribution in [3.05, 3.63) is 95.1 Å². The van der Waals surface area contributed by atoms with Crippen LogP contribution in [0.1, 0.15) is 40.0 Å². The Morgan fingerprint density at radius 3 is 2.32 bits per heavy atom. The van der Waals surface area contributed by atoms with Crippen LogP contribution in [0.4, 0.5) is 5.69 Å². The second-order valence-corrected chi connectivity index (χ2v) is 8.74. The second kappa shape index (κ2) is 13.8. The van der Waals surface area contributed by atoms with Crippen LogP contribution in [0.3, 0.4) is 0 Å². The van der Waals surface area contributed by atoms with Crippen LogP contribution in [0.2, 0.25) is 0 Å². The predicted molar refractivity (Wildman–Crippen MR) is 147 cm³/mol. The number of benzene rings is 3. The molecule has 3 aromatic rings. The molecule has 6 N–H and O–H groups in total. The van der Waals surface area contributed by atoms with E-state index in [0.29, 0.717) is 48.1 Å². The van der Waals surface area contributed by atoms with E-state index in [2.05, 4.69) is 16.2 Å². The van der Waals surface area contributed by atoms with Crippen LogP contribution in [0.25, 0.3) is 0 Å². The van der Waals surface area contributed by atoms with Crippen molar-refractivity contribution in [2.45, 2.75) is 19.6 Å². The van der Waals surface area contributed by atoms with Crippen LogP contribution in [0.15, 0.2) is 72.8 Å². The lowest BCUT2D eigenvalue weighted by atomic mass is 10.0. The molecule has 0 bridgehead atoms. The SMILES string of the molecule is CCOc1cc(C(Nc2ccc(C(=N)N)cc2)C(=O)NNC(=O)c2ccccc2)ccc1COCN(C)C.